The lowest BCUT2D eigenvalue weighted by Gasteiger charge is -2.17. The zero-order valence-corrected chi connectivity index (χ0v) is 12.0. The zero-order chi connectivity index (χ0) is 13.2. The minimum Gasteiger partial charge on any atom is -0.260 e. The maximum Gasteiger partial charge on any atom is 0.0507 e. The lowest BCUT2D eigenvalue weighted by Crippen LogP contribution is -2.05. The molecule has 1 heterocycles. The van der Waals surface area contributed by atoms with Crippen molar-refractivity contribution in [2.45, 2.75) is 38.5 Å². The summed E-state index contributed by atoms with van der Waals surface area (Å²) in [6, 6.07) is 10.6. The summed E-state index contributed by atoms with van der Waals surface area (Å²) < 4.78 is 0. The summed E-state index contributed by atoms with van der Waals surface area (Å²) in [5, 5.41) is 0.839. The molecule has 1 aliphatic carbocycles. The van der Waals surface area contributed by atoms with Crippen molar-refractivity contribution >= 4 is 11.6 Å². The highest BCUT2D eigenvalue weighted by molar-refractivity contribution is 6.30. The van der Waals surface area contributed by atoms with E-state index in [1.807, 2.05) is 18.3 Å². The summed E-state index contributed by atoms with van der Waals surface area (Å²) in [7, 11) is 0. The van der Waals surface area contributed by atoms with E-state index < -0.39 is 0 Å². The van der Waals surface area contributed by atoms with Gasteiger partial charge in [0.25, 0.3) is 0 Å². The first kappa shape index (κ1) is 12.7. The van der Waals surface area contributed by atoms with Gasteiger partial charge in [-0.2, -0.15) is 0 Å². The van der Waals surface area contributed by atoms with Crippen molar-refractivity contribution < 1.29 is 0 Å². The van der Waals surface area contributed by atoms with Gasteiger partial charge in [0.15, 0.2) is 0 Å². The Kier molecular flexibility index (Phi) is 3.56. The van der Waals surface area contributed by atoms with Crippen LogP contribution in [0.15, 0.2) is 36.5 Å². The number of aromatic nitrogens is 1. The molecule has 1 aliphatic rings. The Morgan fingerprint density at radius 2 is 1.89 bits per heavy atom. The normalized spacial score (nSPS) is 18.7. The van der Waals surface area contributed by atoms with Gasteiger partial charge in [-0.05, 0) is 60.6 Å². The van der Waals surface area contributed by atoms with Crippen LogP contribution in [0.5, 0.6) is 0 Å². The highest BCUT2D eigenvalue weighted by Gasteiger charge is 2.18. The van der Waals surface area contributed by atoms with Crippen LogP contribution in [0.4, 0.5) is 0 Å². The lowest BCUT2D eigenvalue weighted by atomic mass is 9.90. The molecular formula is C17H18ClN. The van der Waals surface area contributed by atoms with Gasteiger partial charge in [0.05, 0.1) is 5.69 Å². The molecule has 0 saturated heterocycles. The van der Waals surface area contributed by atoms with Crippen LogP contribution in [0, 0.1) is 0 Å². The summed E-state index contributed by atoms with van der Waals surface area (Å²) in [5.74, 6) is 0.349. The number of fused-ring (bicyclic) bond motifs is 2. The molecule has 0 aliphatic heterocycles. The molecule has 0 bridgehead atoms. The van der Waals surface area contributed by atoms with Crippen molar-refractivity contribution in [2.24, 2.45) is 0 Å². The second-order valence-electron chi connectivity index (χ2n) is 5.32. The first-order chi connectivity index (χ1) is 9.25. The van der Waals surface area contributed by atoms with Crippen molar-refractivity contribution in [3.63, 3.8) is 0 Å². The molecular weight excluding hydrogens is 254 g/mol. The number of hydrogen-bond donors (Lipinski definition) is 0. The van der Waals surface area contributed by atoms with Crippen molar-refractivity contribution in [1.82, 2.24) is 4.98 Å². The van der Waals surface area contributed by atoms with Crippen LogP contribution in [-0.4, -0.2) is 4.98 Å². The Balaban J connectivity index is 2.13. The molecule has 1 unspecified atom stereocenters. The van der Waals surface area contributed by atoms with Gasteiger partial charge in [0.1, 0.15) is 0 Å². The van der Waals surface area contributed by atoms with Gasteiger partial charge >= 0.3 is 0 Å². The standard InChI is InChI=1S/C17H18ClN/c1-12-16-9-8-15(18)11-14(16)6-3-2-5-13-7-4-10-19-17(12)13/h4,7-12H,2-3,5-6H2,1H3. The molecule has 0 amide bonds. The van der Waals surface area contributed by atoms with E-state index in [0.717, 1.165) is 17.9 Å². The first-order valence-electron chi connectivity index (χ1n) is 6.98. The molecule has 2 heteroatoms. The molecule has 0 radical (unpaired) electrons. The molecule has 0 N–H and O–H groups in total. The van der Waals surface area contributed by atoms with Crippen molar-refractivity contribution in [3.8, 4) is 0 Å². The van der Waals surface area contributed by atoms with E-state index in [2.05, 4.69) is 30.1 Å². The molecule has 98 valence electrons. The number of hydrogen-bond acceptors (Lipinski definition) is 1. The van der Waals surface area contributed by atoms with Gasteiger partial charge < -0.3 is 0 Å². The third-order valence-corrected chi connectivity index (χ3v) is 4.29. The Bertz CT molecular complexity index is 592. The quantitative estimate of drug-likeness (QED) is 0.673. The maximum atomic E-state index is 6.14. The third kappa shape index (κ3) is 2.52. The first-order valence-corrected chi connectivity index (χ1v) is 7.35. The Morgan fingerprint density at radius 3 is 2.74 bits per heavy atom. The molecule has 1 atom stereocenters. The molecule has 0 saturated carbocycles. The Hall–Kier alpha value is -1.34. The second kappa shape index (κ2) is 5.34. The van der Waals surface area contributed by atoms with Crippen LogP contribution in [0.3, 0.4) is 0 Å². The average Bonchev–Trinajstić information content (AvgIpc) is 2.49. The predicted octanol–water partition coefficient (Wildman–Crippen LogP) is 4.77. The van der Waals surface area contributed by atoms with Gasteiger partial charge in [-0.1, -0.05) is 30.7 Å². The Labute approximate surface area is 119 Å². The van der Waals surface area contributed by atoms with Gasteiger partial charge in [-0.15, -0.1) is 0 Å². The van der Waals surface area contributed by atoms with E-state index in [0.29, 0.717) is 5.92 Å². The maximum absolute atomic E-state index is 6.14. The molecule has 0 fully saturated rings. The number of aryl methyl sites for hydroxylation is 2. The third-order valence-electron chi connectivity index (χ3n) is 4.05. The summed E-state index contributed by atoms with van der Waals surface area (Å²) in [6.45, 7) is 2.25. The summed E-state index contributed by atoms with van der Waals surface area (Å²) in [4.78, 5) is 4.63. The van der Waals surface area contributed by atoms with Gasteiger partial charge in [0, 0.05) is 17.1 Å². The molecule has 0 spiro atoms. The highest BCUT2D eigenvalue weighted by Crippen LogP contribution is 2.32. The average molecular weight is 272 g/mol. The van der Waals surface area contributed by atoms with Crippen LogP contribution in [0.25, 0.3) is 0 Å². The second-order valence-corrected chi connectivity index (χ2v) is 5.76. The van der Waals surface area contributed by atoms with Crippen LogP contribution < -0.4 is 0 Å². The molecule has 1 aromatic carbocycles. The number of nitrogens with zero attached hydrogens (tertiary/aromatic N) is 1. The largest absolute Gasteiger partial charge is 0.260 e. The molecule has 2 aromatic rings. The monoisotopic (exact) mass is 271 g/mol. The van der Waals surface area contributed by atoms with Gasteiger partial charge in [-0.25, -0.2) is 0 Å². The Morgan fingerprint density at radius 1 is 1.11 bits per heavy atom. The number of rotatable bonds is 0. The molecule has 1 nitrogen and oxygen atoms in total. The van der Waals surface area contributed by atoms with E-state index in [9.17, 15) is 0 Å². The summed E-state index contributed by atoms with van der Waals surface area (Å²) in [6.07, 6.45) is 6.60. The van der Waals surface area contributed by atoms with Crippen molar-refractivity contribution in [3.05, 3.63) is 63.9 Å². The molecule has 1 aromatic heterocycles. The van der Waals surface area contributed by atoms with Crippen LogP contribution in [0.1, 0.15) is 48.1 Å². The topological polar surface area (TPSA) is 12.9 Å². The van der Waals surface area contributed by atoms with Gasteiger partial charge in [-0.3, -0.25) is 4.98 Å². The van der Waals surface area contributed by atoms with E-state index >= 15 is 0 Å². The lowest BCUT2D eigenvalue weighted by molar-refractivity contribution is 0.734. The number of benzene rings is 1. The fourth-order valence-electron chi connectivity index (χ4n) is 3.04. The van der Waals surface area contributed by atoms with Crippen LogP contribution in [-0.2, 0) is 12.8 Å². The number of pyridine rings is 1. The van der Waals surface area contributed by atoms with Crippen LogP contribution >= 0.6 is 11.6 Å². The summed E-state index contributed by atoms with van der Waals surface area (Å²) in [5.41, 5.74) is 5.40. The smallest absolute Gasteiger partial charge is 0.0507 e. The zero-order valence-electron chi connectivity index (χ0n) is 11.2. The fraction of sp³-hybridized carbons (Fsp3) is 0.353. The van der Waals surface area contributed by atoms with E-state index in [1.165, 1.54) is 35.2 Å². The molecule has 19 heavy (non-hydrogen) atoms. The van der Waals surface area contributed by atoms with E-state index in [1.54, 1.807) is 0 Å². The summed E-state index contributed by atoms with van der Waals surface area (Å²) >= 11 is 6.14. The predicted molar refractivity (Wildman–Crippen MR) is 79.8 cm³/mol. The van der Waals surface area contributed by atoms with E-state index in [-0.39, 0.29) is 0 Å². The minimum atomic E-state index is 0.349. The highest BCUT2D eigenvalue weighted by atomic mass is 35.5. The number of halogens is 1. The van der Waals surface area contributed by atoms with Crippen molar-refractivity contribution in [2.75, 3.05) is 0 Å². The van der Waals surface area contributed by atoms with Crippen LogP contribution in [0.2, 0.25) is 5.02 Å². The van der Waals surface area contributed by atoms with Gasteiger partial charge in [0.2, 0.25) is 0 Å². The minimum absolute atomic E-state index is 0.349. The fourth-order valence-corrected chi connectivity index (χ4v) is 3.24. The van der Waals surface area contributed by atoms with Crippen molar-refractivity contribution in [1.29, 1.82) is 0 Å². The molecule has 3 rings (SSSR count). The SMILES string of the molecule is CC1c2ccc(Cl)cc2CCCCc2cccnc21. The van der Waals surface area contributed by atoms with E-state index in [4.69, 9.17) is 11.6 Å².